The highest BCUT2D eigenvalue weighted by Gasteiger charge is 2.43. The van der Waals surface area contributed by atoms with Crippen molar-refractivity contribution in [2.45, 2.75) is 120 Å². The Balaban J connectivity index is 0.997. The first kappa shape index (κ1) is 56.7. The second-order valence-electron chi connectivity index (χ2n) is 21.2. The van der Waals surface area contributed by atoms with Crippen LogP contribution in [0.3, 0.4) is 0 Å². The van der Waals surface area contributed by atoms with E-state index in [0.717, 1.165) is 12.1 Å². The van der Waals surface area contributed by atoms with Crippen molar-refractivity contribution in [3.63, 3.8) is 0 Å². The number of carbonyl (C=O) groups is 4. The van der Waals surface area contributed by atoms with E-state index < -0.39 is 113 Å². The van der Waals surface area contributed by atoms with E-state index in [1.165, 1.54) is 63.7 Å². The van der Waals surface area contributed by atoms with Gasteiger partial charge in [-0.3, -0.25) is 9.59 Å². The van der Waals surface area contributed by atoms with Crippen LogP contribution in [-0.2, 0) is 28.5 Å². The first-order valence-corrected chi connectivity index (χ1v) is 27.1. The maximum Gasteiger partial charge on any atom is 0.407 e. The van der Waals surface area contributed by atoms with Crippen molar-refractivity contribution in [1.29, 1.82) is 0 Å². The minimum atomic E-state index is -1.10. The molecular formula is C57H64F6N10O8. The number of hydrogen-bond acceptors (Lipinski definition) is 12. The molecule has 4 aliphatic heterocycles. The van der Waals surface area contributed by atoms with E-state index in [9.17, 15) is 28.0 Å². The third-order valence-corrected chi connectivity index (χ3v) is 16.7. The smallest absolute Gasteiger partial charge is 0.407 e. The van der Waals surface area contributed by atoms with Gasteiger partial charge >= 0.3 is 12.2 Å². The topological polar surface area (TPSA) is 200 Å². The van der Waals surface area contributed by atoms with Crippen molar-refractivity contribution in [1.82, 2.24) is 40.4 Å². The number of nitrogens with zero attached hydrogens (tertiary/aromatic N) is 6. The molecule has 24 heteroatoms. The molecule has 0 spiro atoms. The highest BCUT2D eigenvalue weighted by molar-refractivity contribution is 5.88. The van der Waals surface area contributed by atoms with Gasteiger partial charge in [-0.2, -0.15) is 0 Å². The van der Waals surface area contributed by atoms with Crippen molar-refractivity contribution in [3.8, 4) is 0 Å². The molecular weight excluding hydrogens is 1070 g/mol. The first-order chi connectivity index (χ1) is 38.9. The van der Waals surface area contributed by atoms with Gasteiger partial charge in [0, 0.05) is 74.9 Å². The molecule has 4 fully saturated rings. The first-order valence-electron chi connectivity index (χ1n) is 27.1. The van der Waals surface area contributed by atoms with Crippen LogP contribution in [0.4, 0.5) is 47.3 Å². The monoisotopic (exact) mass is 1130 g/mol. The molecule has 10 rings (SSSR count). The van der Waals surface area contributed by atoms with E-state index >= 15 is 17.6 Å². The van der Waals surface area contributed by atoms with Crippen molar-refractivity contribution >= 4 is 57.4 Å². The SMILES string of the molecule is COC(=O)N[C@H](C(=O)N1CCC[C@H]1c1nc2cc(F)c([C@H]3CC[C@H](c4cc5[nH]c([C@@H]6CCCN6C(=O)[C@@H](NC(=O)OC)[C@@H](C)OC)nc5cc4F)N3c3cc(F)c(N4CCC(c5c(F)cccc5F)CC4)c(F)c3)cc2[nH]1)[C@@H](C)OC. The van der Waals surface area contributed by atoms with Crippen LogP contribution in [-0.4, -0.2) is 133 Å². The molecule has 4 N–H and O–H groups in total. The van der Waals surface area contributed by atoms with Gasteiger partial charge in [0.2, 0.25) is 11.8 Å². The highest BCUT2D eigenvalue weighted by atomic mass is 19.2. The Kier molecular flexibility index (Phi) is 16.4. The lowest BCUT2D eigenvalue weighted by Gasteiger charge is -2.36. The van der Waals surface area contributed by atoms with E-state index in [0.29, 0.717) is 61.5 Å². The van der Waals surface area contributed by atoms with Gasteiger partial charge in [0.1, 0.15) is 52.7 Å². The summed E-state index contributed by atoms with van der Waals surface area (Å²) < 4.78 is 118. The van der Waals surface area contributed by atoms with Crippen LogP contribution >= 0.6 is 0 Å². The van der Waals surface area contributed by atoms with Crippen LogP contribution < -0.4 is 20.4 Å². The fourth-order valence-electron chi connectivity index (χ4n) is 12.4. The van der Waals surface area contributed by atoms with Crippen molar-refractivity contribution < 1.29 is 64.5 Å². The minimum Gasteiger partial charge on any atom is -0.453 e. The second-order valence-corrected chi connectivity index (χ2v) is 21.2. The zero-order valence-electron chi connectivity index (χ0n) is 45.6. The third kappa shape index (κ3) is 10.9. The summed E-state index contributed by atoms with van der Waals surface area (Å²) in [6.07, 6.45) is -0.113. The average Bonchev–Trinajstić information content (AvgIpc) is 4.46. The number of hydrogen-bond donors (Lipinski definition) is 4. The predicted molar refractivity (Wildman–Crippen MR) is 285 cm³/mol. The fraction of sp³-hybridized carbons (Fsp3) is 0.474. The Morgan fingerprint density at radius 1 is 0.568 bits per heavy atom. The summed E-state index contributed by atoms with van der Waals surface area (Å²) in [6, 6.07) is 6.26. The number of rotatable bonds is 15. The summed E-state index contributed by atoms with van der Waals surface area (Å²) in [5.74, 6) is -5.35. The molecule has 8 atom stereocenters. The summed E-state index contributed by atoms with van der Waals surface area (Å²) in [7, 11) is 5.19. The highest BCUT2D eigenvalue weighted by Crippen LogP contribution is 2.50. The van der Waals surface area contributed by atoms with Crippen molar-refractivity contribution in [2.24, 2.45) is 0 Å². The van der Waals surface area contributed by atoms with Gasteiger partial charge in [0.05, 0.1) is 72.7 Å². The molecule has 432 valence electrons. The molecule has 18 nitrogen and oxygen atoms in total. The standard InChI is InChI=1S/C57H64F6N10O8/c1-28(78-3)49(68-56(76)80-5)54(74)71-18-8-12-46(71)52-64-40-24-32(36(60)26-42(40)66-52)44-14-15-45(73(44)31-22-38(62)51(39(63)23-31)70-20-16-30(17-21-70)48-34(58)10-7-11-35(48)59)33-25-41-43(27-37(33)61)67-53(65-41)47-13-9-19-72(47)55(75)50(29(2)79-4)69-57(77)81-6/h7,10-11,22-30,44-47,49-50H,8-9,12-21H2,1-6H3,(H,64,66)(H,65,67)(H,68,76)(H,69,77)/t28-,29-,44-,45-,46+,47+,49+,50+/m1/s1. The molecule has 6 aromatic rings. The largest absolute Gasteiger partial charge is 0.453 e. The zero-order chi connectivity index (χ0) is 57.6. The Morgan fingerprint density at radius 2 is 1.01 bits per heavy atom. The van der Waals surface area contributed by atoms with Gasteiger partial charge in [0.15, 0.2) is 11.6 Å². The number of aromatic nitrogens is 4. The number of piperidine rings is 1. The molecule has 4 aromatic carbocycles. The number of aromatic amines is 2. The number of carbonyl (C=O) groups excluding carboxylic acids is 4. The van der Waals surface area contributed by atoms with Gasteiger partial charge in [-0.05, 0) is 108 Å². The van der Waals surface area contributed by atoms with E-state index in [1.54, 1.807) is 40.7 Å². The maximum absolute atomic E-state index is 17.0. The number of ether oxygens (including phenoxy) is 4. The summed E-state index contributed by atoms with van der Waals surface area (Å²) in [5, 5.41) is 5.12. The molecule has 0 aliphatic carbocycles. The van der Waals surface area contributed by atoms with Crippen LogP contribution in [0.25, 0.3) is 22.1 Å². The summed E-state index contributed by atoms with van der Waals surface area (Å²) >= 11 is 0. The quantitative estimate of drug-likeness (QED) is 0.0711. The van der Waals surface area contributed by atoms with Crippen LogP contribution in [0.15, 0.2) is 54.6 Å². The summed E-state index contributed by atoms with van der Waals surface area (Å²) in [4.78, 5) is 75.0. The molecule has 4 amide bonds. The van der Waals surface area contributed by atoms with E-state index in [-0.39, 0.29) is 77.9 Å². The number of alkyl carbamates (subject to hydrolysis) is 2. The van der Waals surface area contributed by atoms with Crippen LogP contribution in [0.1, 0.15) is 124 Å². The van der Waals surface area contributed by atoms with Gasteiger partial charge in [-0.15, -0.1) is 0 Å². The summed E-state index contributed by atoms with van der Waals surface area (Å²) in [5.41, 5.74) is 1.07. The summed E-state index contributed by atoms with van der Waals surface area (Å²) in [6.45, 7) is 4.11. The third-order valence-electron chi connectivity index (χ3n) is 16.7. The average molecular weight is 1130 g/mol. The Morgan fingerprint density at radius 3 is 1.43 bits per heavy atom. The van der Waals surface area contributed by atoms with Crippen LogP contribution in [0.2, 0.25) is 0 Å². The zero-order valence-corrected chi connectivity index (χ0v) is 45.6. The molecule has 81 heavy (non-hydrogen) atoms. The molecule has 4 aliphatic rings. The number of H-pyrrole nitrogens is 2. The molecule has 4 saturated heterocycles. The predicted octanol–water partition coefficient (Wildman–Crippen LogP) is 9.59. The lowest BCUT2D eigenvalue weighted by Crippen LogP contribution is -2.54. The molecule has 0 radical (unpaired) electrons. The Labute approximate surface area is 462 Å². The normalized spacial score (nSPS) is 21.2. The maximum atomic E-state index is 17.0. The number of fused-ring (bicyclic) bond motifs is 2. The Hall–Kier alpha value is -7.60. The number of amides is 4. The number of likely N-dealkylation sites (tertiary alicyclic amines) is 2. The number of anilines is 2. The lowest BCUT2D eigenvalue weighted by molar-refractivity contribution is -0.138. The number of imidazole rings is 2. The van der Waals surface area contributed by atoms with E-state index in [4.69, 9.17) is 28.9 Å². The second kappa shape index (κ2) is 23.5. The van der Waals surface area contributed by atoms with E-state index in [1.807, 2.05) is 0 Å². The molecule has 0 bridgehead atoms. The number of benzene rings is 4. The lowest BCUT2D eigenvalue weighted by atomic mass is 9.88. The molecule has 0 unspecified atom stereocenters. The van der Waals surface area contributed by atoms with Crippen molar-refractivity contribution in [2.75, 3.05) is 64.4 Å². The Bertz CT molecular complexity index is 3160. The van der Waals surface area contributed by atoms with Gasteiger partial charge in [-0.1, -0.05) is 6.07 Å². The number of halogens is 6. The van der Waals surface area contributed by atoms with Gasteiger partial charge in [-0.25, -0.2) is 45.9 Å². The molecule has 2 aromatic heterocycles. The van der Waals surface area contributed by atoms with E-state index in [2.05, 4.69) is 20.6 Å². The molecule has 6 heterocycles. The number of methoxy groups -OCH3 is 4. The van der Waals surface area contributed by atoms with Crippen LogP contribution in [0.5, 0.6) is 0 Å². The van der Waals surface area contributed by atoms with Crippen molar-refractivity contribution in [3.05, 3.63) is 118 Å². The number of nitrogens with one attached hydrogen (secondary N) is 4. The van der Waals surface area contributed by atoms with Gasteiger partial charge < -0.3 is 59.1 Å². The fourth-order valence-corrected chi connectivity index (χ4v) is 12.4. The minimum absolute atomic E-state index is 0.0137. The van der Waals surface area contributed by atoms with Gasteiger partial charge in [0.25, 0.3) is 0 Å². The van der Waals surface area contributed by atoms with Crippen LogP contribution in [0, 0.1) is 34.9 Å². The molecule has 0 saturated carbocycles.